The fraction of sp³-hybridized carbons (Fsp3) is 0.250. The molecule has 2 rings (SSSR count). The van der Waals surface area contributed by atoms with Gasteiger partial charge in [-0.3, -0.25) is 10.1 Å². The second kappa shape index (κ2) is 5.93. The van der Waals surface area contributed by atoms with Crippen LogP contribution in [0.2, 0.25) is 0 Å². The molecule has 1 aromatic carbocycles. The molecular weight excluding hydrogens is 272 g/mol. The van der Waals surface area contributed by atoms with Crippen molar-refractivity contribution in [3.05, 3.63) is 56.0 Å². The van der Waals surface area contributed by atoms with Crippen molar-refractivity contribution in [2.75, 3.05) is 0 Å². The minimum Gasteiger partial charge on any atom is -1.00 e. The molecule has 0 atom stereocenters. The van der Waals surface area contributed by atoms with Crippen molar-refractivity contribution in [3.63, 3.8) is 0 Å². The van der Waals surface area contributed by atoms with E-state index in [-0.39, 0.29) is 23.0 Å². The quantitative estimate of drug-likeness (QED) is 0.438. The van der Waals surface area contributed by atoms with Crippen LogP contribution in [0.15, 0.2) is 29.8 Å². The van der Waals surface area contributed by atoms with E-state index in [0.717, 1.165) is 5.56 Å². The Morgan fingerprint density at radius 2 is 2.11 bits per heavy atom. The molecule has 96 valence electrons. The molecule has 0 saturated heterocycles. The number of hydrogen-bond acceptors (Lipinski definition) is 3. The molecule has 0 aliphatic carbocycles. The zero-order chi connectivity index (χ0) is 12.4. The number of rotatable bonds is 3. The van der Waals surface area contributed by atoms with E-state index in [1.54, 1.807) is 23.5 Å². The number of benzene rings is 1. The first-order chi connectivity index (χ1) is 8.08. The van der Waals surface area contributed by atoms with Gasteiger partial charge in [-0.05, 0) is 6.92 Å². The average molecular weight is 285 g/mol. The predicted octanol–water partition coefficient (Wildman–Crippen LogP) is -0.387. The van der Waals surface area contributed by atoms with Crippen LogP contribution in [-0.4, -0.2) is 4.92 Å². The van der Waals surface area contributed by atoms with E-state index in [4.69, 9.17) is 0 Å². The molecule has 4 nitrogen and oxygen atoms in total. The number of halogens is 1. The Bertz CT molecular complexity index is 569. The standard InChI is InChI=1S/C12H13N2O2S.ClH/c1-9-10(2)17-8-13(9)7-11-4-3-5-12(6-11)14(15)16;/h3-6,8H,7H2,1-2H3;1H/q+1;/p-1. The molecule has 0 spiro atoms. The summed E-state index contributed by atoms with van der Waals surface area (Å²) in [7, 11) is 0. The third kappa shape index (κ3) is 3.05. The lowest BCUT2D eigenvalue weighted by molar-refractivity contribution is -0.689. The van der Waals surface area contributed by atoms with Gasteiger partial charge in [-0.1, -0.05) is 23.5 Å². The first kappa shape index (κ1) is 14.6. The summed E-state index contributed by atoms with van der Waals surface area (Å²) in [4.78, 5) is 11.6. The van der Waals surface area contributed by atoms with Gasteiger partial charge in [0, 0.05) is 24.6 Å². The number of hydrogen-bond donors (Lipinski definition) is 0. The van der Waals surface area contributed by atoms with Gasteiger partial charge in [-0.15, -0.1) is 0 Å². The van der Waals surface area contributed by atoms with Crippen LogP contribution in [0, 0.1) is 24.0 Å². The van der Waals surface area contributed by atoms with Gasteiger partial charge >= 0.3 is 0 Å². The third-order valence-electron chi connectivity index (χ3n) is 2.77. The van der Waals surface area contributed by atoms with Crippen molar-refractivity contribution < 1.29 is 21.9 Å². The van der Waals surface area contributed by atoms with Crippen LogP contribution in [0.4, 0.5) is 5.69 Å². The lowest BCUT2D eigenvalue weighted by atomic mass is 10.2. The molecule has 0 aliphatic heterocycles. The predicted molar refractivity (Wildman–Crippen MR) is 66.2 cm³/mol. The summed E-state index contributed by atoms with van der Waals surface area (Å²) in [6, 6.07) is 6.77. The van der Waals surface area contributed by atoms with E-state index in [1.165, 1.54) is 16.6 Å². The van der Waals surface area contributed by atoms with E-state index in [1.807, 2.05) is 11.6 Å². The molecular formula is C12H13ClN2O2S. The van der Waals surface area contributed by atoms with Crippen LogP contribution in [-0.2, 0) is 6.54 Å². The maximum absolute atomic E-state index is 10.7. The van der Waals surface area contributed by atoms with Gasteiger partial charge in [0.05, 0.1) is 9.80 Å². The highest BCUT2D eigenvalue weighted by Crippen LogP contribution is 2.14. The average Bonchev–Trinajstić information content (AvgIpc) is 2.61. The van der Waals surface area contributed by atoms with E-state index >= 15 is 0 Å². The van der Waals surface area contributed by atoms with Gasteiger partial charge in [0.1, 0.15) is 0 Å². The molecule has 1 heterocycles. The smallest absolute Gasteiger partial charge is 0.269 e. The van der Waals surface area contributed by atoms with Crippen LogP contribution in [0.3, 0.4) is 0 Å². The van der Waals surface area contributed by atoms with Gasteiger partial charge in [-0.2, -0.15) is 4.57 Å². The second-order valence-corrected chi connectivity index (χ2v) is 4.98. The van der Waals surface area contributed by atoms with Crippen molar-refractivity contribution in [1.82, 2.24) is 0 Å². The van der Waals surface area contributed by atoms with Gasteiger partial charge in [-0.25, -0.2) is 0 Å². The minimum atomic E-state index is -0.361. The number of nitrogens with zero attached hydrogens (tertiary/aromatic N) is 2. The van der Waals surface area contributed by atoms with Gasteiger partial charge in [0.2, 0.25) is 5.51 Å². The molecule has 0 amide bonds. The summed E-state index contributed by atoms with van der Waals surface area (Å²) in [5.41, 5.74) is 4.35. The lowest BCUT2D eigenvalue weighted by Gasteiger charge is -1.97. The zero-order valence-electron chi connectivity index (χ0n) is 10.1. The summed E-state index contributed by atoms with van der Waals surface area (Å²) >= 11 is 1.69. The summed E-state index contributed by atoms with van der Waals surface area (Å²) in [6.07, 6.45) is 0. The Morgan fingerprint density at radius 1 is 1.39 bits per heavy atom. The number of nitro benzene ring substituents is 1. The van der Waals surface area contributed by atoms with Crippen molar-refractivity contribution in [1.29, 1.82) is 0 Å². The number of thiazole rings is 1. The van der Waals surface area contributed by atoms with Crippen molar-refractivity contribution in [2.24, 2.45) is 0 Å². The molecule has 0 N–H and O–H groups in total. The van der Waals surface area contributed by atoms with Crippen LogP contribution in [0.5, 0.6) is 0 Å². The van der Waals surface area contributed by atoms with Crippen LogP contribution in [0.1, 0.15) is 16.1 Å². The monoisotopic (exact) mass is 284 g/mol. The number of non-ortho nitro benzene ring substituents is 1. The Hall–Kier alpha value is -1.46. The van der Waals surface area contributed by atoms with E-state index in [2.05, 4.69) is 18.4 Å². The molecule has 0 unspecified atom stereocenters. The highest BCUT2D eigenvalue weighted by Gasteiger charge is 2.14. The largest absolute Gasteiger partial charge is 1.00 e. The summed E-state index contributed by atoms with van der Waals surface area (Å²) < 4.78 is 2.11. The summed E-state index contributed by atoms with van der Waals surface area (Å²) in [6.45, 7) is 4.81. The first-order valence-corrected chi connectivity index (χ1v) is 6.13. The van der Waals surface area contributed by atoms with Crippen LogP contribution < -0.4 is 17.0 Å². The normalized spacial score (nSPS) is 9.89. The second-order valence-electron chi connectivity index (χ2n) is 3.92. The Labute approximate surface area is 115 Å². The van der Waals surface area contributed by atoms with Crippen molar-refractivity contribution in [3.8, 4) is 0 Å². The zero-order valence-corrected chi connectivity index (χ0v) is 11.7. The number of aromatic nitrogens is 1. The van der Waals surface area contributed by atoms with Gasteiger partial charge in [0.25, 0.3) is 5.69 Å². The van der Waals surface area contributed by atoms with Gasteiger partial charge in [0.15, 0.2) is 12.2 Å². The van der Waals surface area contributed by atoms with Crippen molar-refractivity contribution >= 4 is 17.0 Å². The summed E-state index contributed by atoms with van der Waals surface area (Å²) in [5, 5.41) is 10.7. The van der Waals surface area contributed by atoms with Crippen molar-refractivity contribution in [2.45, 2.75) is 20.4 Å². The Morgan fingerprint density at radius 3 is 2.67 bits per heavy atom. The maximum Gasteiger partial charge on any atom is 0.269 e. The van der Waals surface area contributed by atoms with E-state index < -0.39 is 0 Å². The lowest BCUT2D eigenvalue weighted by Crippen LogP contribution is -3.00. The molecule has 0 saturated carbocycles. The fourth-order valence-corrected chi connectivity index (χ4v) is 2.44. The van der Waals surface area contributed by atoms with Crippen LogP contribution >= 0.6 is 11.3 Å². The third-order valence-corrected chi connectivity index (χ3v) is 3.78. The molecule has 0 fully saturated rings. The minimum absolute atomic E-state index is 0. The number of aryl methyl sites for hydroxylation is 1. The van der Waals surface area contributed by atoms with Crippen LogP contribution in [0.25, 0.3) is 0 Å². The molecule has 0 radical (unpaired) electrons. The Balaban J connectivity index is 0.00000162. The molecule has 1 aromatic heterocycles. The molecule has 0 aliphatic rings. The summed E-state index contributed by atoms with van der Waals surface area (Å²) in [5.74, 6) is 0. The molecule has 6 heteroatoms. The molecule has 18 heavy (non-hydrogen) atoms. The fourth-order valence-electron chi connectivity index (χ4n) is 1.63. The van der Waals surface area contributed by atoms with E-state index in [0.29, 0.717) is 6.54 Å². The van der Waals surface area contributed by atoms with E-state index in [9.17, 15) is 10.1 Å². The number of nitro groups is 1. The molecule has 2 aromatic rings. The SMILES string of the molecule is Cc1sc[n+](Cc2cccc([N+](=O)[O-])c2)c1C.[Cl-]. The Kier molecular flexibility index (Phi) is 4.81. The first-order valence-electron chi connectivity index (χ1n) is 5.25. The highest BCUT2D eigenvalue weighted by molar-refractivity contribution is 7.09. The topological polar surface area (TPSA) is 47.0 Å². The highest BCUT2D eigenvalue weighted by atomic mass is 35.5. The maximum atomic E-state index is 10.7. The van der Waals surface area contributed by atoms with Gasteiger partial charge < -0.3 is 12.4 Å². The molecule has 0 bridgehead atoms.